The van der Waals surface area contributed by atoms with Crippen LogP contribution in [0.15, 0.2) is 72.9 Å². The predicted octanol–water partition coefficient (Wildman–Crippen LogP) is -4.93. The second kappa shape index (κ2) is 31.7. The van der Waals surface area contributed by atoms with Crippen LogP contribution in [0.2, 0.25) is 0 Å². The Morgan fingerprint density at radius 3 is 2.18 bits per heavy atom. The summed E-state index contributed by atoms with van der Waals surface area (Å²) >= 11 is 1.29. The zero-order valence-electron chi connectivity index (χ0n) is 49.8. The molecule has 0 spiro atoms. The minimum atomic E-state index is -2.50. The number of fused-ring (bicyclic) bond motifs is 3. The summed E-state index contributed by atoms with van der Waals surface area (Å²) in [4.78, 5) is 111. The van der Waals surface area contributed by atoms with Gasteiger partial charge in [0.05, 0.1) is 42.4 Å². The van der Waals surface area contributed by atoms with Crippen molar-refractivity contribution < 1.29 is 128 Å². The van der Waals surface area contributed by atoms with E-state index in [9.17, 15) is 79.7 Å². The molecule has 7 amide bonds. The zero-order chi connectivity index (χ0) is 65.4. The number of nitrogens with one attached hydrogen (secondary N) is 5. The number of phenolic OH excluding ortho intramolecular Hbond substituents is 1. The molecule has 1 aliphatic carbocycles. The van der Waals surface area contributed by atoms with Crippen LogP contribution in [0, 0.1) is 12.5 Å². The number of aromatic nitrogens is 3. The van der Waals surface area contributed by atoms with Crippen molar-refractivity contribution in [3.8, 4) is 39.1 Å². The van der Waals surface area contributed by atoms with Gasteiger partial charge < -0.3 is 96.3 Å². The number of benzene rings is 3. The normalized spacial score (nSPS) is 26.1. The molecule has 2 aromatic heterocycles. The van der Waals surface area contributed by atoms with E-state index >= 15 is 0 Å². The summed E-state index contributed by atoms with van der Waals surface area (Å²) < 4.78 is 16.9. The first-order valence-electron chi connectivity index (χ1n) is 29.1. The van der Waals surface area contributed by atoms with E-state index < -0.39 is 177 Å². The van der Waals surface area contributed by atoms with Gasteiger partial charge in [0.1, 0.15) is 59.2 Å². The summed E-state index contributed by atoms with van der Waals surface area (Å²) in [5, 5.41) is 121. The summed E-state index contributed by atoms with van der Waals surface area (Å²) in [7, 11) is 0. The van der Waals surface area contributed by atoms with Crippen LogP contribution < -0.4 is 70.3 Å². The van der Waals surface area contributed by atoms with Crippen molar-refractivity contribution in [1.82, 2.24) is 51.0 Å². The third-order valence-corrected chi connectivity index (χ3v) is 17.6. The summed E-state index contributed by atoms with van der Waals surface area (Å²) in [6.45, 7) is 7.38. The Balaban J connectivity index is 0.0000109. The molecule has 488 valence electrons. The molecular weight excluding hydrogens is 1260 g/mol. The van der Waals surface area contributed by atoms with Gasteiger partial charge in [-0.1, -0.05) is 42.9 Å². The van der Waals surface area contributed by atoms with Crippen molar-refractivity contribution in [2.75, 3.05) is 26.2 Å². The SMILES string of the molecule is [C-]#[N+]C[C@@H](O)[C@@H]1NC(=O)[C@H]([C@H](O)[C@@H](O)c2ccc(O)c(OSOO[O-])c2)NC(=O)[C@@H]2C[C@H](O)CN2C(=O)[C@H]([C@H](C)O)NC(=O)[C@@H](NC(=O)c2ccc(-c3cn4nc(-c5ccc(OC6CCCCC6)cc5)sc4n3)cc2)C[C@H](O)CNC(=O)[C@@H]2[C@@H](O)[C@H](C)CN2C1=O.[Na+]. The van der Waals surface area contributed by atoms with Crippen LogP contribution in [0.3, 0.4) is 0 Å². The first-order chi connectivity index (χ1) is 43.5. The molecule has 4 aliphatic rings. The number of aromatic hydroxyl groups is 1. The number of hydrogen-bond acceptors (Lipinski definition) is 24. The van der Waals surface area contributed by atoms with Gasteiger partial charge in [0, 0.05) is 55.1 Å². The van der Waals surface area contributed by atoms with Crippen LogP contribution in [0.25, 0.3) is 31.6 Å². The number of carbonyl (C=O) groups excluding carboxylic acids is 7. The number of ether oxygens (including phenoxy) is 1. The van der Waals surface area contributed by atoms with Gasteiger partial charge in [0.15, 0.2) is 17.6 Å². The smallest absolute Gasteiger partial charge is 0.691 e. The zero-order valence-corrected chi connectivity index (χ0v) is 53.5. The Bertz CT molecular complexity index is 3450. The van der Waals surface area contributed by atoms with Gasteiger partial charge >= 0.3 is 29.6 Å². The Hall–Kier alpha value is -7.11. The average molecular weight is 1330 g/mol. The molecule has 5 aromatic rings. The first-order valence-corrected chi connectivity index (χ1v) is 30.6. The predicted molar refractivity (Wildman–Crippen MR) is 315 cm³/mol. The molecule has 0 radical (unpaired) electrons. The molecule has 13 N–H and O–H groups in total. The number of β-amino-alcohol motifs (C(OH)–C–C–N with tert-alkyl or cyclic N) is 1. The molecule has 4 fully saturated rings. The quantitative estimate of drug-likeness (QED) is 0.0110. The summed E-state index contributed by atoms with van der Waals surface area (Å²) in [6.07, 6.45) is -7.29. The molecule has 92 heavy (non-hydrogen) atoms. The first kappa shape index (κ1) is 70.8. The van der Waals surface area contributed by atoms with E-state index in [4.69, 9.17) is 25.6 Å². The molecule has 5 heterocycles. The Morgan fingerprint density at radius 2 is 1.51 bits per heavy atom. The number of aliphatic hydroxyl groups excluding tert-OH is 7. The maximum Gasteiger partial charge on any atom is 1.00 e. The fraction of sp³-hybridized carbons (Fsp3) is 0.483. The van der Waals surface area contributed by atoms with Crippen molar-refractivity contribution in [3.05, 3.63) is 95.5 Å². The van der Waals surface area contributed by atoms with E-state index in [0.29, 0.717) is 16.2 Å². The molecular formula is C58H68N11NaO20S2. The molecule has 34 heteroatoms. The van der Waals surface area contributed by atoms with Gasteiger partial charge in [-0.2, -0.15) is 5.10 Å². The number of rotatable bonds is 16. The number of amides is 7. The van der Waals surface area contributed by atoms with Gasteiger partial charge in [0.25, 0.3) is 18.2 Å². The van der Waals surface area contributed by atoms with Crippen LogP contribution >= 0.6 is 23.7 Å². The van der Waals surface area contributed by atoms with Gasteiger partial charge in [-0.15, -0.1) is 4.33 Å². The van der Waals surface area contributed by atoms with Crippen LogP contribution in [0.4, 0.5) is 0 Å². The molecule has 9 rings (SSSR count). The number of hydrogen-bond donors (Lipinski definition) is 13. The molecule has 3 aromatic carbocycles. The van der Waals surface area contributed by atoms with E-state index in [1.807, 2.05) is 24.3 Å². The van der Waals surface area contributed by atoms with Gasteiger partial charge in [-0.05, 0) is 86.7 Å². The van der Waals surface area contributed by atoms with Crippen LogP contribution in [0.5, 0.6) is 17.2 Å². The minimum Gasteiger partial charge on any atom is -0.691 e. The van der Waals surface area contributed by atoms with Crippen molar-refractivity contribution in [1.29, 1.82) is 0 Å². The van der Waals surface area contributed by atoms with Crippen LogP contribution in [0.1, 0.15) is 80.8 Å². The average Bonchev–Trinajstić information content (AvgIpc) is 1.62. The van der Waals surface area contributed by atoms with Gasteiger partial charge in [-0.3, -0.25) is 38.6 Å². The van der Waals surface area contributed by atoms with E-state index in [-0.39, 0.29) is 59.1 Å². The molecule has 3 aliphatic heterocycles. The van der Waals surface area contributed by atoms with Crippen LogP contribution in [-0.4, -0.2) is 212 Å². The number of aliphatic hydroxyl groups is 7. The second-order valence-corrected chi connectivity index (χ2v) is 24.2. The van der Waals surface area contributed by atoms with Crippen molar-refractivity contribution >= 4 is 70.0 Å². The molecule has 14 atom stereocenters. The summed E-state index contributed by atoms with van der Waals surface area (Å²) in [5.74, 6) is -9.70. The van der Waals surface area contributed by atoms with Crippen molar-refractivity contribution in [2.24, 2.45) is 5.92 Å². The van der Waals surface area contributed by atoms with Crippen molar-refractivity contribution in [3.63, 3.8) is 0 Å². The summed E-state index contributed by atoms with van der Waals surface area (Å²) in [5.41, 5.74) is 1.63. The maximum absolute atomic E-state index is 14.7. The van der Waals surface area contributed by atoms with E-state index in [1.165, 1.54) is 36.8 Å². The number of nitrogens with zero attached hydrogens (tertiary/aromatic N) is 6. The second-order valence-electron chi connectivity index (χ2n) is 22.8. The largest absolute Gasteiger partial charge is 1.00 e. The number of phenols is 1. The van der Waals surface area contributed by atoms with Crippen molar-refractivity contribution in [2.45, 2.75) is 144 Å². The Morgan fingerprint density at radius 1 is 0.837 bits per heavy atom. The maximum atomic E-state index is 14.7. The third-order valence-electron chi connectivity index (χ3n) is 16.3. The van der Waals surface area contributed by atoms with E-state index in [1.54, 1.807) is 22.8 Å². The van der Waals surface area contributed by atoms with Crippen LogP contribution in [-0.2, 0) is 38.1 Å². The molecule has 0 bridgehead atoms. The van der Waals surface area contributed by atoms with E-state index in [0.717, 1.165) is 76.9 Å². The molecule has 3 saturated heterocycles. The standard InChI is InChI=1S/C58H69N11O20S2.Na/c1-27-24-68-46(47(27)75)54(82)60-22-33(71)20-37(61-50(78)30-11-9-29(10-12-30)38-26-69-58(62-38)90-55(66-69)31-13-16-36(17-14-31)86-35-7-5-4-6-8-35)51(79)63-43(28(2)70)56(83)67-25-34(72)21-39(67)52(80)65-45(53(81)64-44(57(68)84)41(74)23-59-3)49(77)48(76)32-15-18-40(73)42(19-32)87-91-89-88-85;/h9-19,26-28,33-35,37,39,41,43-49,70-77,85H,4-8,20-25H2,1-2H3,(H,60,82)(H,61,78)(H,63,79)(H,64,81)(H,65,80);/q;+1/p-1/t27-,28+,33+,34+,37+,39+,41-,43+,44+,45+,46+,47+,48+,49+;/m1./s1. The molecule has 1 saturated carbocycles. The third kappa shape index (κ3) is 16.6. The monoisotopic (exact) mass is 1330 g/mol. The topological polar surface area (TPSA) is 442 Å². The molecule has 31 nitrogen and oxygen atoms in total. The Kier molecular flexibility index (Phi) is 24.4. The van der Waals surface area contributed by atoms with E-state index in [2.05, 4.69) is 40.8 Å². The minimum absolute atomic E-state index is 0. The number of carbonyl (C=O) groups is 7. The molecule has 0 unspecified atom stereocenters. The Labute approximate surface area is 555 Å². The fourth-order valence-electron chi connectivity index (χ4n) is 11.4. The van der Waals surface area contributed by atoms with Gasteiger partial charge in [0.2, 0.25) is 46.9 Å². The fourth-order valence-corrected chi connectivity index (χ4v) is 12.5. The van der Waals surface area contributed by atoms with Gasteiger partial charge in [-0.25, -0.2) is 16.1 Å². The number of imidazole rings is 1. The summed E-state index contributed by atoms with van der Waals surface area (Å²) in [6, 6.07) is 4.67.